The summed E-state index contributed by atoms with van der Waals surface area (Å²) in [4.78, 5) is 25.7. The Balaban J connectivity index is 2.39. The topological polar surface area (TPSA) is 42.3 Å². The van der Waals surface area contributed by atoms with E-state index in [1.165, 1.54) is 10.6 Å². The highest BCUT2D eigenvalue weighted by Crippen LogP contribution is 2.16. The van der Waals surface area contributed by atoms with Crippen LogP contribution in [0, 0.1) is 0 Å². The zero-order valence-corrected chi connectivity index (χ0v) is 11.3. The van der Waals surface area contributed by atoms with Gasteiger partial charge in [0.1, 0.15) is 0 Å². The van der Waals surface area contributed by atoms with Gasteiger partial charge >= 0.3 is 0 Å². The Morgan fingerprint density at radius 3 is 2.60 bits per heavy atom. The molecular weight excluding hydrogens is 252 g/mol. The summed E-state index contributed by atoms with van der Waals surface area (Å²) in [5.41, 5.74) is 0.944. The van der Waals surface area contributed by atoms with Gasteiger partial charge in [0.15, 0.2) is 0 Å². The summed E-state index contributed by atoms with van der Waals surface area (Å²) in [5, 5.41) is 0. The van der Waals surface area contributed by atoms with Gasteiger partial charge in [0.2, 0.25) is 0 Å². The number of rotatable bonds is 4. The van der Waals surface area contributed by atoms with Crippen LogP contribution >= 0.6 is 0 Å². The molecule has 0 saturated heterocycles. The summed E-state index contributed by atoms with van der Waals surface area (Å²) in [5.74, 6) is -0.214. The lowest BCUT2D eigenvalue weighted by atomic mass is 10.2. The van der Waals surface area contributed by atoms with E-state index < -0.39 is 0 Å². The van der Waals surface area contributed by atoms with E-state index in [9.17, 15) is 9.59 Å². The van der Waals surface area contributed by atoms with Crippen molar-refractivity contribution in [1.29, 1.82) is 0 Å². The maximum absolute atomic E-state index is 12.5. The second kappa shape index (κ2) is 6.02. The maximum Gasteiger partial charge on any atom is 0.258 e. The quantitative estimate of drug-likeness (QED) is 0.798. The number of nitrogens with zero attached hydrogens (tertiary/aromatic N) is 2. The fraction of sp³-hybridized carbons (Fsp3) is 0.125. The van der Waals surface area contributed by atoms with E-state index in [0.29, 0.717) is 12.1 Å². The minimum absolute atomic E-state index is 0.206. The molecule has 4 heteroatoms. The van der Waals surface area contributed by atoms with Gasteiger partial charge in [-0.1, -0.05) is 24.3 Å². The van der Waals surface area contributed by atoms with E-state index in [4.69, 9.17) is 0 Å². The van der Waals surface area contributed by atoms with E-state index in [-0.39, 0.29) is 11.5 Å². The van der Waals surface area contributed by atoms with Crippen LogP contribution in [0.1, 0.15) is 10.4 Å². The van der Waals surface area contributed by atoms with Gasteiger partial charge in [-0.2, -0.15) is 0 Å². The molecule has 0 aliphatic heterocycles. The summed E-state index contributed by atoms with van der Waals surface area (Å²) in [7, 11) is 1.65. The second-order valence-electron chi connectivity index (χ2n) is 4.40. The molecule has 1 amide bonds. The van der Waals surface area contributed by atoms with Crippen LogP contribution in [0.25, 0.3) is 0 Å². The van der Waals surface area contributed by atoms with Gasteiger partial charge in [0, 0.05) is 37.1 Å². The lowest BCUT2D eigenvalue weighted by molar-refractivity contribution is 0.0989. The highest BCUT2D eigenvalue weighted by atomic mass is 16.2. The molecule has 1 aromatic heterocycles. The van der Waals surface area contributed by atoms with Gasteiger partial charge in [-0.05, 0) is 18.2 Å². The smallest absolute Gasteiger partial charge is 0.258 e. The molecule has 0 aliphatic rings. The third-order valence-electron chi connectivity index (χ3n) is 2.98. The van der Waals surface area contributed by atoms with Crippen molar-refractivity contribution in [1.82, 2.24) is 4.57 Å². The average Bonchev–Trinajstić information content (AvgIpc) is 2.48. The van der Waals surface area contributed by atoms with Crippen molar-refractivity contribution in [2.75, 3.05) is 11.4 Å². The number of carbonyl (C=O) groups is 1. The van der Waals surface area contributed by atoms with Gasteiger partial charge < -0.3 is 9.47 Å². The highest BCUT2D eigenvalue weighted by Gasteiger charge is 2.16. The lowest BCUT2D eigenvalue weighted by Gasteiger charge is -2.21. The molecule has 0 aliphatic carbocycles. The summed E-state index contributed by atoms with van der Waals surface area (Å²) < 4.78 is 1.43. The van der Waals surface area contributed by atoms with E-state index >= 15 is 0 Å². The minimum atomic E-state index is -0.214. The second-order valence-corrected chi connectivity index (χ2v) is 4.40. The fourth-order valence-electron chi connectivity index (χ4n) is 1.88. The molecule has 102 valence electrons. The Morgan fingerprint density at radius 2 is 2.00 bits per heavy atom. The first-order valence-electron chi connectivity index (χ1n) is 6.28. The summed E-state index contributed by atoms with van der Waals surface area (Å²) >= 11 is 0. The Hall–Kier alpha value is -2.62. The highest BCUT2D eigenvalue weighted by molar-refractivity contribution is 6.06. The Labute approximate surface area is 117 Å². The molecule has 0 spiro atoms. The Morgan fingerprint density at radius 1 is 1.30 bits per heavy atom. The Kier molecular flexibility index (Phi) is 4.15. The summed E-state index contributed by atoms with van der Waals surface area (Å²) in [6.45, 7) is 4.06. The first-order chi connectivity index (χ1) is 9.63. The molecule has 1 aromatic carbocycles. The number of aryl methyl sites for hydroxylation is 1. The van der Waals surface area contributed by atoms with Crippen molar-refractivity contribution in [2.45, 2.75) is 0 Å². The van der Waals surface area contributed by atoms with E-state index in [1.807, 2.05) is 30.3 Å². The van der Waals surface area contributed by atoms with Crippen molar-refractivity contribution in [2.24, 2.45) is 7.05 Å². The molecule has 2 aromatic rings. The average molecular weight is 268 g/mol. The third kappa shape index (κ3) is 2.85. The van der Waals surface area contributed by atoms with Crippen molar-refractivity contribution in [3.63, 3.8) is 0 Å². The van der Waals surface area contributed by atoms with Gasteiger partial charge in [-0.25, -0.2) is 0 Å². The summed E-state index contributed by atoms with van der Waals surface area (Å²) in [6, 6.07) is 12.3. The number of benzene rings is 1. The molecule has 0 bridgehead atoms. The van der Waals surface area contributed by atoms with Crippen molar-refractivity contribution in [3.05, 3.63) is 77.2 Å². The zero-order valence-electron chi connectivity index (χ0n) is 11.3. The monoisotopic (exact) mass is 268 g/mol. The van der Waals surface area contributed by atoms with E-state index in [0.717, 1.165) is 5.69 Å². The number of hydrogen-bond acceptors (Lipinski definition) is 2. The van der Waals surface area contributed by atoms with Crippen molar-refractivity contribution in [3.8, 4) is 0 Å². The molecule has 1 heterocycles. The SMILES string of the molecule is C=CCN(C(=O)c1ccn(C)c(=O)c1)c1ccccc1. The van der Waals surface area contributed by atoms with E-state index in [1.54, 1.807) is 30.3 Å². The van der Waals surface area contributed by atoms with Gasteiger partial charge in [0.25, 0.3) is 11.5 Å². The molecule has 20 heavy (non-hydrogen) atoms. The van der Waals surface area contributed by atoms with Crippen molar-refractivity contribution >= 4 is 11.6 Å². The van der Waals surface area contributed by atoms with Crippen molar-refractivity contribution < 1.29 is 4.79 Å². The van der Waals surface area contributed by atoms with Crippen LogP contribution in [0.5, 0.6) is 0 Å². The van der Waals surface area contributed by atoms with E-state index in [2.05, 4.69) is 6.58 Å². The summed E-state index contributed by atoms with van der Waals surface area (Å²) in [6.07, 6.45) is 3.25. The molecule has 0 unspecified atom stereocenters. The number of amides is 1. The van der Waals surface area contributed by atoms with Crippen LogP contribution in [0.3, 0.4) is 0 Å². The van der Waals surface area contributed by atoms with Crippen LogP contribution in [-0.2, 0) is 7.05 Å². The number of carbonyl (C=O) groups excluding carboxylic acids is 1. The predicted molar refractivity (Wildman–Crippen MR) is 80.0 cm³/mol. The lowest BCUT2D eigenvalue weighted by Crippen LogP contribution is -2.32. The zero-order chi connectivity index (χ0) is 14.5. The minimum Gasteiger partial charge on any atom is -0.319 e. The molecule has 0 radical (unpaired) electrons. The predicted octanol–water partition coefficient (Wildman–Crippen LogP) is 2.22. The number of anilines is 1. The van der Waals surface area contributed by atoms with Crippen LogP contribution in [0.15, 0.2) is 66.1 Å². The molecule has 0 atom stereocenters. The molecular formula is C16H16N2O2. The molecule has 4 nitrogen and oxygen atoms in total. The van der Waals surface area contributed by atoms with Crippen LogP contribution in [-0.4, -0.2) is 17.0 Å². The van der Waals surface area contributed by atoms with Crippen LogP contribution in [0.2, 0.25) is 0 Å². The van der Waals surface area contributed by atoms with Gasteiger partial charge in [0.05, 0.1) is 0 Å². The molecule has 0 fully saturated rings. The number of aromatic nitrogens is 1. The largest absolute Gasteiger partial charge is 0.319 e. The number of para-hydroxylation sites is 1. The first-order valence-corrected chi connectivity index (χ1v) is 6.28. The first kappa shape index (κ1) is 13.8. The molecule has 2 rings (SSSR count). The van der Waals surface area contributed by atoms with Gasteiger partial charge in [-0.3, -0.25) is 9.59 Å². The fourth-order valence-corrected chi connectivity index (χ4v) is 1.88. The molecule has 0 saturated carbocycles. The normalized spacial score (nSPS) is 10.1. The number of pyridine rings is 1. The van der Waals surface area contributed by atoms with Gasteiger partial charge in [-0.15, -0.1) is 6.58 Å². The molecule has 0 N–H and O–H groups in total. The van der Waals surface area contributed by atoms with Crippen LogP contribution in [0.4, 0.5) is 5.69 Å². The third-order valence-corrected chi connectivity index (χ3v) is 2.98. The standard InChI is InChI=1S/C16H16N2O2/c1-3-10-18(14-7-5-4-6-8-14)16(20)13-9-11-17(2)15(19)12-13/h3-9,11-12H,1,10H2,2H3. The Bertz CT molecular complexity index is 674. The van der Waals surface area contributed by atoms with Crippen LogP contribution < -0.4 is 10.5 Å². The maximum atomic E-state index is 12.5. The number of hydrogen-bond donors (Lipinski definition) is 0.